The summed E-state index contributed by atoms with van der Waals surface area (Å²) in [7, 11) is 1.70. The summed E-state index contributed by atoms with van der Waals surface area (Å²) in [4.78, 5) is 0. The number of aryl methyl sites for hydroxylation is 1. The molecule has 0 spiro atoms. The van der Waals surface area contributed by atoms with E-state index in [2.05, 4.69) is 38.2 Å². The maximum atomic E-state index is 9.30. The first-order chi connectivity index (χ1) is 8.65. The maximum Gasteiger partial charge on any atom is 0.123 e. The zero-order valence-electron chi connectivity index (χ0n) is 11.9. The molecule has 0 saturated heterocycles. The van der Waals surface area contributed by atoms with Crippen LogP contribution in [0.1, 0.15) is 43.9 Å². The molecule has 0 saturated carbocycles. The van der Waals surface area contributed by atoms with Crippen molar-refractivity contribution < 1.29 is 9.84 Å². The van der Waals surface area contributed by atoms with Crippen molar-refractivity contribution in [2.75, 3.05) is 13.7 Å². The van der Waals surface area contributed by atoms with Crippen LogP contribution in [0.5, 0.6) is 5.75 Å². The Morgan fingerprint density at radius 1 is 1.28 bits per heavy atom. The van der Waals surface area contributed by atoms with Crippen LogP contribution in [0, 0.1) is 6.92 Å². The number of methoxy groups -OCH3 is 1. The van der Waals surface area contributed by atoms with Gasteiger partial charge in [0, 0.05) is 17.6 Å². The van der Waals surface area contributed by atoms with Gasteiger partial charge in [0.2, 0.25) is 0 Å². The van der Waals surface area contributed by atoms with Crippen molar-refractivity contribution in [1.82, 2.24) is 5.32 Å². The largest absolute Gasteiger partial charge is 0.496 e. The molecule has 0 radical (unpaired) electrons. The van der Waals surface area contributed by atoms with Gasteiger partial charge in [-0.05, 0) is 25.8 Å². The number of benzene rings is 1. The second-order valence-electron chi connectivity index (χ2n) is 4.66. The van der Waals surface area contributed by atoms with Crippen LogP contribution in [0.3, 0.4) is 0 Å². The molecule has 102 valence electrons. The molecule has 3 nitrogen and oxygen atoms in total. The molecule has 3 heteroatoms. The standard InChI is InChI=1S/C15H25NO2/c1-5-12(10-17)16-14(6-2)13-9-11(3)7-8-15(13)18-4/h7-9,12,14,16-17H,5-6,10H2,1-4H3. The SMILES string of the molecule is CCC(CO)NC(CC)c1cc(C)ccc1OC. The van der Waals surface area contributed by atoms with Gasteiger partial charge in [-0.2, -0.15) is 0 Å². The molecule has 1 rings (SSSR count). The van der Waals surface area contributed by atoms with Gasteiger partial charge in [0.25, 0.3) is 0 Å². The van der Waals surface area contributed by atoms with Gasteiger partial charge in [-0.1, -0.05) is 31.5 Å². The first-order valence-corrected chi connectivity index (χ1v) is 6.67. The Balaban J connectivity index is 2.96. The van der Waals surface area contributed by atoms with Gasteiger partial charge in [0.1, 0.15) is 5.75 Å². The molecule has 0 aliphatic heterocycles. The average Bonchev–Trinajstić information content (AvgIpc) is 2.40. The third kappa shape index (κ3) is 3.72. The number of aliphatic hydroxyl groups is 1. The highest BCUT2D eigenvalue weighted by atomic mass is 16.5. The van der Waals surface area contributed by atoms with E-state index in [1.165, 1.54) is 11.1 Å². The van der Waals surface area contributed by atoms with Crippen molar-refractivity contribution in [3.05, 3.63) is 29.3 Å². The van der Waals surface area contributed by atoms with Crippen molar-refractivity contribution in [1.29, 1.82) is 0 Å². The zero-order valence-corrected chi connectivity index (χ0v) is 11.9. The highest BCUT2D eigenvalue weighted by molar-refractivity contribution is 5.39. The minimum atomic E-state index is 0.139. The van der Waals surface area contributed by atoms with Gasteiger partial charge >= 0.3 is 0 Å². The lowest BCUT2D eigenvalue weighted by Gasteiger charge is -2.25. The van der Waals surface area contributed by atoms with E-state index in [0.29, 0.717) is 0 Å². The van der Waals surface area contributed by atoms with Gasteiger partial charge in [0.05, 0.1) is 13.7 Å². The Bertz CT molecular complexity index is 362. The summed E-state index contributed by atoms with van der Waals surface area (Å²) in [6.45, 7) is 6.47. The van der Waals surface area contributed by atoms with Crippen molar-refractivity contribution in [2.24, 2.45) is 0 Å². The van der Waals surface area contributed by atoms with Crippen LogP contribution in [0.4, 0.5) is 0 Å². The molecule has 0 heterocycles. The summed E-state index contributed by atoms with van der Waals surface area (Å²) >= 11 is 0. The van der Waals surface area contributed by atoms with Crippen LogP contribution < -0.4 is 10.1 Å². The molecular formula is C15H25NO2. The highest BCUT2D eigenvalue weighted by Gasteiger charge is 2.17. The number of hydrogen-bond donors (Lipinski definition) is 2. The molecule has 1 aromatic rings. The predicted octanol–water partition coefficient (Wildman–Crippen LogP) is 2.82. The van der Waals surface area contributed by atoms with Gasteiger partial charge in [-0.15, -0.1) is 0 Å². The lowest BCUT2D eigenvalue weighted by Crippen LogP contribution is -2.35. The Kier molecular flexibility index (Phi) is 6.16. The molecule has 0 amide bonds. The fraction of sp³-hybridized carbons (Fsp3) is 0.600. The minimum absolute atomic E-state index is 0.139. The summed E-state index contributed by atoms with van der Waals surface area (Å²) in [5.74, 6) is 0.910. The van der Waals surface area contributed by atoms with Crippen LogP contribution >= 0.6 is 0 Å². The lowest BCUT2D eigenvalue weighted by molar-refractivity contribution is 0.225. The number of rotatable bonds is 7. The van der Waals surface area contributed by atoms with E-state index in [4.69, 9.17) is 4.74 Å². The zero-order chi connectivity index (χ0) is 13.5. The summed E-state index contributed by atoms with van der Waals surface area (Å²) in [5.41, 5.74) is 2.40. The van der Waals surface area contributed by atoms with E-state index in [1.807, 2.05) is 6.07 Å². The fourth-order valence-corrected chi connectivity index (χ4v) is 2.14. The van der Waals surface area contributed by atoms with Crippen LogP contribution in [-0.2, 0) is 0 Å². The van der Waals surface area contributed by atoms with Crippen LogP contribution in [-0.4, -0.2) is 24.9 Å². The molecular weight excluding hydrogens is 226 g/mol. The summed E-state index contributed by atoms with van der Waals surface area (Å²) in [6.07, 6.45) is 1.89. The monoisotopic (exact) mass is 251 g/mol. The Morgan fingerprint density at radius 3 is 2.50 bits per heavy atom. The van der Waals surface area contributed by atoms with Gasteiger partial charge in [0.15, 0.2) is 0 Å². The van der Waals surface area contributed by atoms with E-state index in [1.54, 1.807) is 7.11 Å². The smallest absolute Gasteiger partial charge is 0.123 e. The highest BCUT2D eigenvalue weighted by Crippen LogP contribution is 2.28. The quantitative estimate of drug-likeness (QED) is 0.783. The summed E-state index contributed by atoms with van der Waals surface area (Å²) < 4.78 is 5.43. The molecule has 0 aliphatic carbocycles. The third-order valence-electron chi connectivity index (χ3n) is 3.32. The molecule has 0 aliphatic rings. The second kappa shape index (κ2) is 7.39. The Morgan fingerprint density at radius 2 is 2.00 bits per heavy atom. The van der Waals surface area contributed by atoms with Gasteiger partial charge in [-0.3, -0.25) is 0 Å². The second-order valence-corrected chi connectivity index (χ2v) is 4.66. The van der Waals surface area contributed by atoms with E-state index < -0.39 is 0 Å². The van der Waals surface area contributed by atoms with Crippen molar-refractivity contribution in [3.8, 4) is 5.75 Å². The van der Waals surface area contributed by atoms with Gasteiger partial charge in [-0.25, -0.2) is 0 Å². The third-order valence-corrected chi connectivity index (χ3v) is 3.32. The molecule has 0 fully saturated rings. The van der Waals surface area contributed by atoms with E-state index in [0.717, 1.165) is 18.6 Å². The number of hydrogen-bond acceptors (Lipinski definition) is 3. The number of ether oxygens (including phenoxy) is 1. The van der Waals surface area contributed by atoms with Crippen LogP contribution in [0.2, 0.25) is 0 Å². The molecule has 0 bridgehead atoms. The average molecular weight is 251 g/mol. The van der Waals surface area contributed by atoms with Gasteiger partial charge < -0.3 is 15.2 Å². The first-order valence-electron chi connectivity index (χ1n) is 6.67. The van der Waals surface area contributed by atoms with E-state index in [-0.39, 0.29) is 18.7 Å². The molecule has 1 aromatic carbocycles. The topological polar surface area (TPSA) is 41.5 Å². The summed E-state index contributed by atoms with van der Waals surface area (Å²) in [6, 6.07) is 6.58. The lowest BCUT2D eigenvalue weighted by atomic mass is 9.99. The Hall–Kier alpha value is -1.06. The van der Waals surface area contributed by atoms with E-state index >= 15 is 0 Å². The Labute approximate surface area is 110 Å². The number of aliphatic hydroxyl groups excluding tert-OH is 1. The van der Waals surface area contributed by atoms with E-state index in [9.17, 15) is 5.11 Å². The van der Waals surface area contributed by atoms with Crippen molar-refractivity contribution in [2.45, 2.75) is 45.7 Å². The molecule has 0 aromatic heterocycles. The molecule has 2 N–H and O–H groups in total. The van der Waals surface area contributed by atoms with Crippen molar-refractivity contribution >= 4 is 0 Å². The first kappa shape index (κ1) is 15.0. The number of nitrogens with one attached hydrogen (secondary N) is 1. The normalized spacial score (nSPS) is 14.3. The van der Waals surface area contributed by atoms with Crippen LogP contribution in [0.25, 0.3) is 0 Å². The predicted molar refractivity (Wildman–Crippen MR) is 75.1 cm³/mol. The van der Waals surface area contributed by atoms with Crippen molar-refractivity contribution in [3.63, 3.8) is 0 Å². The fourth-order valence-electron chi connectivity index (χ4n) is 2.14. The minimum Gasteiger partial charge on any atom is -0.496 e. The molecule has 2 unspecified atom stereocenters. The summed E-state index contributed by atoms with van der Waals surface area (Å²) in [5, 5.41) is 12.8. The maximum absolute atomic E-state index is 9.30. The molecule has 2 atom stereocenters. The van der Waals surface area contributed by atoms with Crippen LogP contribution in [0.15, 0.2) is 18.2 Å². The molecule has 18 heavy (non-hydrogen) atoms.